The van der Waals surface area contributed by atoms with Gasteiger partial charge in [0.2, 0.25) is 5.91 Å². The molecule has 2 aromatic heterocycles. The summed E-state index contributed by atoms with van der Waals surface area (Å²) in [5.74, 6) is 0.906. The summed E-state index contributed by atoms with van der Waals surface area (Å²) in [4.78, 5) is 84.3. The highest BCUT2D eigenvalue weighted by molar-refractivity contribution is 6.02. The second kappa shape index (κ2) is 23.1. The predicted octanol–water partition coefficient (Wildman–Crippen LogP) is 7.68. The summed E-state index contributed by atoms with van der Waals surface area (Å²) in [5, 5.41) is 5.67. The molecular weight excluding hydrogens is 1020 g/mol. The van der Waals surface area contributed by atoms with Crippen LogP contribution in [0.25, 0.3) is 44.8 Å². The van der Waals surface area contributed by atoms with Gasteiger partial charge in [-0.05, 0) is 111 Å². The number of benzene rings is 6. The van der Waals surface area contributed by atoms with E-state index in [4.69, 9.17) is 43.1 Å². The van der Waals surface area contributed by atoms with E-state index in [1.54, 1.807) is 36.4 Å². The van der Waals surface area contributed by atoms with Crippen LogP contribution < -0.4 is 34.5 Å². The molecule has 410 valence electrons. The lowest BCUT2D eigenvalue weighted by Gasteiger charge is -2.36. The van der Waals surface area contributed by atoms with Crippen LogP contribution in [0.4, 0.5) is 5.69 Å². The number of likely N-dealkylation sites (N-methyl/N-ethyl adjacent to an activating group) is 1. The maximum absolute atomic E-state index is 13.6. The van der Waals surface area contributed by atoms with Crippen LogP contribution in [0.3, 0.4) is 0 Å². The molecule has 3 aliphatic heterocycles. The molecule has 8 aromatic rings. The van der Waals surface area contributed by atoms with Gasteiger partial charge < -0.3 is 63.6 Å². The highest BCUT2D eigenvalue weighted by atomic mass is 16.6. The van der Waals surface area contributed by atoms with Crippen LogP contribution in [0.1, 0.15) is 64.1 Å². The Hall–Kier alpha value is -9.11. The van der Waals surface area contributed by atoms with Crippen molar-refractivity contribution in [2.45, 2.75) is 32.3 Å². The van der Waals surface area contributed by atoms with E-state index in [2.05, 4.69) is 61.7 Å². The van der Waals surface area contributed by atoms with E-state index in [0.717, 1.165) is 71.0 Å². The number of carbonyl (C=O) groups excluding carboxylic acids is 5. The Morgan fingerprint density at radius 2 is 1.21 bits per heavy atom. The minimum absolute atomic E-state index is 0.102. The first-order chi connectivity index (χ1) is 38.9. The van der Waals surface area contributed by atoms with Gasteiger partial charge in [-0.25, -0.2) is 14.8 Å². The van der Waals surface area contributed by atoms with Crippen molar-refractivity contribution in [1.82, 2.24) is 35.5 Å². The number of fused-ring (bicyclic) bond motifs is 8. The molecule has 0 unspecified atom stereocenters. The highest BCUT2D eigenvalue weighted by Gasteiger charge is 2.54. The van der Waals surface area contributed by atoms with E-state index >= 15 is 0 Å². The molecule has 0 bridgehead atoms. The third-order valence-corrected chi connectivity index (χ3v) is 14.0. The van der Waals surface area contributed by atoms with Gasteiger partial charge in [0.25, 0.3) is 5.91 Å². The zero-order valence-corrected chi connectivity index (χ0v) is 44.3. The van der Waals surface area contributed by atoms with Crippen LogP contribution in [-0.4, -0.2) is 134 Å². The van der Waals surface area contributed by atoms with E-state index in [-0.39, 0.29) is 66.4 Å². The largest absolute Gasteiger partial charge is 0.494 e. The van der Waals surface area contributed by atoms with Gasteiger partial charge in [0, 0.05) is 111 Å². The quantitative estimate of drug-likeness (QED) is 0.0325. The SMILES string of the molecule is CC(=O)Oc1ccc2c(c1)Oc1cc(OC(C)=O)ccc1C21OC(=O)c2cc(C(=O)NCCOCCOCCNC(=O)CCCOc3ccc(-c4nc5ccc(-c6nc7ccc(N8CCN(C)CC8)cc7[nH]6)cc5[nH]4)cc3)ccc21. The van der Waals surface area contributed by atoms with Crippen molar-refractivity contribution in [2.75, 3.05) is 84.3 Å². The fraction of sp³-hybridized carbons (Fsp3) is 0.283. The zero-order chi connectivity index (χ0) is 55.3. The highest BCUT2D eigenvalue weighted by Crippen LogP contribution is 2.57. The number of aromatic nitrogens is 4. The maximum atomic E-state index is 13.6. The number of anilines is 1. The second-order valence-electron chi connectivity index (χ2n) is 19.6. The molecule has 2 amide bonds. The zero-order valence-electron chi connectivity index (χ0n) is 44.3. The number of piperazine rings is 1. The van der Waals surface area contributed by atoms with Crippen LogP contribution in [0, 0.1) is 0 Å². The van der Waals surface area contributed by atoms with Gasteiger partial charge in [-0.2, -0.15) is 0 Å². The lowest BCUT2D eigenvalue weighted by Crippen LogP contribution is -2.44. The van der Waals surface area contributed by atoms with Crippen molar-refractivity contribution < 1.29 is 57.1 Å². The van der Waals surface area contributed by atoms with Crippen LogP contribution in [-0.2, 0) is 34.2 Å². The van der Waals surface area contributed by atoms with Gasteiger partial charge in [0.15, 0.2) is 5.60 Å². The number of H-pyrrole nitrogens is 2. The Labute approximate surface area is 459 Å². The summed E-state index contributed by atoms with van der Waals surface area (Å²) < 4.78 is 40.2. The van der Waals surface area contributed by atoms with Gasteiger partial charge in [-0.1, -0.05) is 6.07 Å². The molecule has 6 aromatic carbocycles. The Kier molecular flexibility index (Phi) is 15.3. The molecule has 0 radical (unpaired) electrons. The number of hydrogen-bond acceptors (Lipinski definition) is 16. The first kappa shape index (κ1) is 52.9. The first-order valence-electron chi connectivity index (χ1n) is 26.5. The second-order valence-corrected chi connectivity index (χ2v) is 19.6. The summed E-state index contributed by atoms with van der Waals surface area (Å²) in [6.45, 7) is 8.65. The van der Waals surface area contributed by atoms with Crippen LogP contribution in [0.2, 0.25) is 0 Å². The van der Waals surface area contributed by atoms with Crippen LogP contribution >= 0.6 is 0 Å². The minimum Gasteiger partial charge on any atom is -0.494 e. The Balaban J connectivity index is 0.574. The molecule has 4 N–H and O–H groups in total. The van der Waals surface area contributed by atoms with Crippen molar-refractivity contribution in [3.05, 3.63) is 143 Å². The number of carbonyl (C=O) groups is 5. The number of esters is 3. The number of nitrogens with one attached hydrogen (secondary N) is 4. The number of nitrogens with zero attached hydrogens (tertiary/aromatic N) is 4. The molecule has 0 atom stereocenters. The summed E-state index contributed by atoms with van der Waals surface area (Å²) in [7, 11) is 2.16. The van der Waals surface area contributed by atoms with E-state index in [1.807, 2.05) is 36.4 Å². The molecule has 20 heteroatoms. The number of hydrogen-bond donors (Lipinski definition) is 4. The third-order valence-electron chi connectivity index (χ3n) is 14.0. The van der Waals surface area contributed by atoms with Crippen molar-refractivity contribution >= 4 is 57.5 Å². The normalized spacial score (nSPS) is 14.2. The fourth-order valence-corrected chi connectivity index (χ4v) is 10.1. The summed E-state index contributed by atoms with van der Waals surface area (Å²) in [6.07, 6.45) is 0.840. The Morgan fingerprint density at radius 3 is 1.88 bits per heavy atom. The Morgan fingerprint density at radius 1 is 0.625 bits per heavy atom. The van der Waals surface area contributed by atoms with Crippen molar-refractivity contribution in [3.63, 3.8) is 0 Å². The van der Waals surface area contributed by atoms with Gasteiger partial charge in [0.1, 0.15) is 40.4 Å². The molecule has 80 heavy (non-hydrogen) atoms. The van der Waals surface area contributed by atoms with Crippen molar-refractivity contribution in [3.8, 4) is 51.5 Å². The molecule has 3 aliphatic rings. The minimum atomic E-state index is -1.50. The molecular formula is C60H58N8O12. The number of imidazole rings is 2. The predicted molar refractivity (Wildman–Crippen MR) is 295 cm³/mol. The standard InChI is InChI=1S/C60H58N8O12/c1-36(69)77-43-13-16-47-53(34-43)79-54-35-44(78-37(2)70)14-17-48(54)60(47)46-15-8-40(31-45(46)59(73)80-60)58(72)62-21-28-75-30-29-74-27-20-61-55(71)5-4-26-76-42-11-6-38(7-12-42)56-63-49-18-9-39(32-51(49)65-56)57-64-50-19-10-41(33-52(50)66-57)68-24-22-67(3)23-25-68/h6-19,31-35H,4-5,20-30H2,1-3H3,(H,61,71)(H,62,72)(H,63,65)(H,64,66). The van der Waals surface area contributed by atoms with Gasteiger partial charge in [-0.15, -0.1) is 0 Å². The third kappa shape index (κ3) is 11.4. The molecule has 20 nitrogen and oxygen atoms in total. The van der Waals surface area contributed by atoms with E-state index in [1.165, 1.54) is 37.7 Å². The summed E-state index contributed by atoms with van der Waals surface area (Å²) in [5.41, 5.74) is 7.09. The number of amides is 2. The summed E-state index contributed by atoms with van der Waals surface area (Å²) >= 11 is 0. The molecule has 1 saturated heterocycles. The smallest absolute Gasteiger partial charge is 0.340 e. The number of ether oxygens (including phenoxy) is 7. The summed E-state index contributed by atoms with van der Waals surface area (Å²) in [6, 6.07) is 34.4. The topological polar surface area (TPSA) is 238 Å². The Bertz CT molecular complexity index is 3590. The molecule has 1 fully saturated rings. The van der Waals surface area contributed by atoms with E-state index in [0.29, 0.717) is 55.0 Å². The number of rotatable bonds is 20. The van der Waals surface area contributed by atoms with Crippen LogP contribution in [0.15, 0.2) is 115 Å². The lowest BCUT2D eigenvalue weighted by atomic mass is 9.77. The molecule has 11 rings (SSSR count). The molecule has 0 aliphatic carbocycles. The van der Waals surface area contributed by atoms with Crippen LogP contribution in [0.5, 0.6) is 28.7 Å². The van der Waals surface area contributed by atoms with Gasteiger partial charge >= 0.3 is 17.9 Å². The molecule has 5 heterocycles. The van der Waals surface area contributed by atoms with Crippen molar-refractivity contribution in [1.29, 1.82) is 0 Å². The lowest BCUT2D eigenvalue weighted by molar-refractivity contribution is -0.132. The van der Waals surface area contributed by atoms with Gasteiger partial charge in [0.05, 0.1) is 60.7 Å². The van der Waals surface area contributed by atoms with Crippen molar-refractivity contribution in [2.24, 2.45) is 0 Å². The monoisotopic (exact) mass is 1080 g/mol. The fourth-order valence-electron chi connectivity index (χ4n) is 10.1. The molecule has 1 spiro atoms. The first-order valence-corrected chi connectivity index (χ1v) is 26.5. The number of aromatic amines is 2. The van der Waals surface area contributed by atoms with Gasteiger partial charge in [-0.3, -0.25) is 19.2 Å². The van der Waals surface area contributed by atoms with E-state index in [9.17, 15) is 24.0 Å². The van der Waals surface area contributed by atoms with E-state index < -0.39 is 29.4 Å². The average Bonchev–Trinajstić information content (AvgIpc) is 4.32. The average molecular weight is 1080 g/mol. The molecule has 0 saturated carbocycles. The maximum Gasteiger partial charge on any atom is 0.340 e.